The van der Waals surface area contributed by atoms with Crippen LogP contribution in [-0.4, -0.2) is 43.9 Å². The monoisotopic (exact) mass is 363 g/mol. The van der Waals surface area contributed by atoms with E-state index in [0.717, 1.165) is 44.5 Å². The van der Waals surface area contributed by atoms with Crippen molar-refractivity contribution in [3.63, 3.8) is 0 Å². The Morgan fingerprint density at radius 3 is 3.04 bits per heavy atom. The lowest BCUT2D eigenvalue weighted by molar-refractivity contribution is -0.141. The van der Waals surface area contributed by atoms with E-state index in [0.29, 0.717) is 35.9 Å². The van der Waals surface area contributed by atoms with Crippen molar-refractivity contribution >= 4 is 23.9 Å². The van der Waals surface area contributed by atoms with Gasteiger partial charge in [-0.2, -0.15) is 5.26 Å². The molecule has 1 saturated heterocycles. The van der Waals surface area contributed by atoms with E-state index in [9.17, 15) is 10.1 Å². The van der Waals surface area contributed by atoms with Crippen molar-refractivity contribution in [1.29, 1.82) is 5.26 Å². The van der Waals surface area contributed by atoms with Gasteiger partial charge in [0.25, 0.3) is 0 Å². The molecule has 7 heteroatoms. The summed E-state index contributed by atoms with van der Waals surface area (Å²) >= 11 is 5.21. The molecule has 1 atom stereocenters. The van der Waals surface area contributed by atoms with E-state index in [1.807, 2.05) is 6.07 Å². The zero-order chi connectivity index (χ0) is 18.1. The number of aromatic amines is 1. The number of anilines is 1. The molecule has 1 fully saturated rings. The van der Waals surface area contributed by atoms with Gasteiger partial charge in [-0.3, -0.25) is 4.79 Å². The molecular formula is C18H25N3O3S. The zero-order valence-corrected chi connectivity index (χ0v) is 15.4. The lowest BCUT2D eigenvalue weighted by Gasteiger charge is -2.34. The smallest absolute Gasteiger partial charge is 0.302 e. The number of nitrogens with zero attached hydrogens (tertiary/aromatic N) is 2. The van der Waals surface area contributed by atoms with Crippen LogP contribution in [0.5, 0.6) is 0 Å². The highest BCUT2D eigenvalue weighted by molar-refractivity contribution is 7.71. The predicted octanol–water partition coefficient (Wildman–Crippen LogP) is 3.19. The zero-order valence-electron chi connectivity index (χ0n) is 14.6. The second kappa shape index (κ2) is 10.2. The van der Waals surface area contributed by atoms with Gasteiger partial charge in [-0.1, -0.05) is 12.2 Å². The van der Waals surface area contributed by atoms with E-state index in [1.165, 1.54) is 6.92 Å². The van der Waals surface area contributed by atoms with E-state index in [2.05, 4.69) is 16.0 Å². The van der Waals surface area contributed by atoms with Gasteiger partial charge in [-0.25, -0.2) is 0 Å². The van der Waals surface area contributed by atoms with Crippen LogP contribution in [0.1, 0.15) is 38.2 Å². The molecule has 0 bridgehead atoms. The largest absolute Gasteiger partial charge is 0.466 e. The fraction of sp³-hybridized carbons (Fsp3) is 0.611. The van der Waals surface area contributed by atoms with Gasteiger partial charge >= 0.3 is 5.97 Å². The molecule has 0 amide bonds. The number of H-pyrrole nitrogens is 1. The summed E-state index contributed by atoms with van der Waals surface area (Å²) in [5.41, 5.74) is 1.46. The quantitative estimate of drug-likeness (QED) is 0.434. The summed E-state index contributed by atoms with van der Waals surface area (Å²) < 4.78 is 11.2. The Balaban J connectivity index is 1.76. The minimum absolute atomic E-state index is 0.235. The van der Waals surface area contributed by atoms with E-state index >= 15 is 0 Å². The van der Waals surface area contributed by atoms with Gasteiger partial charge in [0.2, 0.25) is 0 Å². The first kappa shape index (κ1) is 19.4. The average Bonchev–Trinajstić information content (AvgIpc) is 2.60. The van der Waals surface area contributed by atoms with Gasteiger partial charge in [0.05, 0.1) is 18.9 Å². The highest BCUT2D eigenvalue weighted by Crippen LogP contribution is 2.26. The van der Waals surface area contributed by atoms with Crippen LogP contribution in [0.25, 0.3) is 0 Å². The Morgan fingerprint density at radius 2 is 2.28 bits per heavy atom. The number of hydrogen-bond donors (Lipinski definition) is 1. The van der Waals surface area contributed by atoms with Crippen LogP contribution in [0.3, 0.4) is 0 Å². The molecule has 136 valence electrons. The molecule has 0 spiro atoms. The number of aromatic nitrogens is 1. The third-order valence-corrected chi connectivity index (χ3v) is 4.57. The normalized spacial score (nSPS) is 17.1. The molecule has 2 rings (SSSR count). The number of ether oxygens (including phenoxy) is 2. The standard InChI is InChI=1S/C18H25N3O3S/c1-14(22)24-10-3-2-9-23-13-15-5-4-8-21(12-15)17-6-7-20-18(25)16(17)11-19/h6-7,15H,2-5,8-10,12-13H2,1H3,(H,20,25). The van der Waals surface area contributed by atoms with E-state index in [1.54, 1.807) is 6.20 Å². The second-order valence-electron chi connectivity index (χ2n) is 6.26. The number of carbonyl (C=O) groups is 1. The van der Waals surface area contributed by atoms with Crippen LogP contribution in [0, 0.1) is 21.9 Å². The van der Waals surface area contributed by atoms with Crippen LogP contribution in [0.15, 0.2) is 12.3 Å². The van der Waals surface area contributed by atoms with Crippen LogP contribution >= 0.6 is 12.2 Å². The van der Waals surface area contributed by atoms with Gasteiger partial charge in [0.1, 0.15) is 16.3 Å². The van der Waals surface area contributed by atoms with Crippen molar-refractivity contribution in [2.75, 3.05) is 37.8 Å². The summed E-state index contributed by atoms with van der Waals surface area (Å²) in [6.07, 6.45) is 5.71. The van der Waals surface area contributed by atoms with Crippen LogP contribution in [-0.2, 0) is 14.3 Å². The van der Waals surface area contributed by atoms with Crippen molar-refractivity contribution in [2.45, 2.75) is 32.6 Å². The van der Waals surface area contributed by atoms with E-state index < -0.39 is 0 Å². The maximum atomic E-state index is 10.7. The Hall–Kier alpha value is -1.91. The summed E-state index contributed by atoms with van der Waals surface area (Å²) in [5.74, 6) is 0.215. The highest BCUT2D eigenvalue weighted by Gasteiger charge is 2.22. The number of rotatable bonds is 8. The van der Waals surface area contributed by atoms with Gasteiger partial charge in [-0.15, -0.1) is 0 Å². The lowest BCUT2D eigenvalue weighted by atomic mass is 9.98. The Morgan fingerprint density at radius 1 is 1.48 bits per heavy atom. The van der Waals surface area contributed by atoms with E-state index in [4.69, 9.17) is 21.7 Å². The Labute approximate surface area is 153 Å². The molecule has 0 saturated carbocycles. The molecule has 1 aromatic rings. The molecule has 0 aliphatic carbocycles. The fourth-order valence-corrected chi connectivity index (χ4v) is 3.25. The van der Waals surface area contributed by atoms with Crippen LogP contribution in [0.2, 0.25) is 0 Å². The van der Waals surface area contributed by atoms with E-state index in [-0.39, 0.29) is 5.97 Å². The molecule has 1 aliphatic heterocycles. The topological polar surface area (TPSA) is 78.3 Å². The third-order valence-electron chi connectivity index (χ3n) is 4.25. The summed E-state index contributed by atoms with van der Waals surface area (Å²) in [7, 11) is 0. The minimum atomic E-state index is -0.235. The molecule has 0 radical (unpaired) electrons. The number of piperidine rings is 1. The first-order chi connectivity index (χ1) is 12.1. The molecule has 25 heavy (non-hydrogen) atoms. The summed E-state index contributed by atoms with van der Waals surface area (Å²) in [4.78, 5) is 15.8. The number of pyridine rings is 1. The van der Waals surface area contributed by atoms with Crippen LogP contribution in [0.4, 0.5) is 5.69 Å². The number of carbonyl (C=O) groups excluding carboxylic acids is 1. The highest BCUT2D eigenvalue weighted by atomic mass is 32.1. The minimum Gasteiger partial charge on any atom is -0.466 e. The maximum absolute atomic E-state index is 10.7. The van der Waals surface area contributed by atoms with Gasteiger partial charge in [-0.05, 0) is 37.7 Å². The lowest BCUT2D eigenvalue weighted by Crippen LogP contribution is -2.37. The molecule has 1 aromatic heterocycles. The summed E-state index contributed by atoms with van der Waals surface area (Å²) in [6.45, 7) is 5.08. The van der Waals surface area contributed by atoms with Gasteiger partial charge < -0.3 is 19.4 Å². The van der Waals surface area contributed by atoms with Crippen molar-refractivity contribution in [2.24, 2.45) is 5.92 Å². The molecule has 0 aromatic carbocycles. The van der Waals surface area contributed by atoms with Crippen molar-refractivity contribution in [3.8, 4) is 6.07 Å². The van der Waals surface area contributed by atoms with Crippen molar-refractivity contribution in [3.05, 3.63) is 22.5 Å². The van der Waals surface area contributed by atoms with Crippen LogP contribution < -0.4 is 4.90 Å². The molecule has 1 unspecified atom stereocenters. The SMILES string of the molecule is CC(=O)OCCCCOCC1CCCN(c2cc[nH]c(=S)c2C#N)C1. The Bertz CT molecular complexity index is 668. The second-order valence-corrected chi connectivity index (χ2v) is 6.66. The molecule has 1 aliphatic rings. The fourth-order valence-electron chi connectivity index (χ4n) is 3.03. The van der Waals surface area contributed by atoms with Crippen molar-refractivity contribution in [1.82, 2.24) is 4.98 Å². The first-order valence-corrected chi connectivity index (χ1v) is 9.10. The summed E-state index contributed by atoms with van der Waals surface area (Å²) in [6, 6.07) is 4.13. The number of esters is 1. The Kier molecular flexibility index (Phi) is 7.89. The van der Waals surface area contributed by atoms with Gasteiger partial charge in [0.15, 0.2) is 0 Å². The molecule has 1 N–H and O–H groups in total. The average molecular weight is 363 g/mol. The number of hydrogen-bond acceptors (Lipinski definition) is 6. The van der Waals surface area contributed by atoms with Crippen molar-refractivity contribution < 1.29 is 14.3 Å². The molecule has 2 heterocycles. The maximum Gasteiger partial charge on any atom is 0.302 e. The first-order valence-electron chi connectivity index (χ1n) is 8.69. The summed E-state index contributed by atoms with van der Waals surface area (Å²) in [5, 5.41) is 9.35. The third kappa shape index (κ3) is 6.15. The number of nitriles is 1. The molecule has 6 nitrogen and oxygen atoms in total. The number of unbranched alkanes of at least 4 members (excludes halogenated alkanes) is 1. The molecular weight excluding hydrogens is 338 g/mol. The predicted molar refractivity (Wildman–Crippen MR) is 98.0 cm³/mol. The number of nitrogens with one attached hydrogen (secondary N) is 1. The van der Waals surface area contributed by atoms with Gasteiger partial charge in [0, 0.05) is 32.8 Å².